The van der Waals surface area contributed by atoms with Crippen molar-refractivity contribution >= 4 is 11.6 Å². The first-order valence-electron chi connectivity index (χ1n) is 7.77. The second-order valence-corrected chi connectivity index (χ2v) is 6.13. The molecule has 102 valence electrons. The molecule has 2 rings (SSSR count). The normalized spacial score (nSPS) is 31.4. The second kappa shape index (κ2) is 6.49. The summed E-state index contributed by atoms with van der Waals surface area (Å²) in [5.74, 6) is 1.92. The van der Waals surface area contributed by atoms with Gasteiger partial charge in [0, 0.05) is 24.7 Å². The van der Waals surface area contributed by atoms with Crippen molar-refractivity contribution in [2.45, 2.75) is 71.1 Å². The zero-order valence-electron chi connectivity index (χ0n) is 11.6. The number of carbonyl (C=O) groups excluding carboxylic acids is 2. The molecule has 2 heteroatoms. The highest BCUT2D eigenvalue weighted by molar-refractivity contribution is 5.83. The molecular weight excluding hydrogens is 224 g/mol. The molecule has 2 aliphatic rings. The Balaban J connectivity index is 1.95. The largest absolute Gasteiger partial charge is 0.299 e. The third-order valence-corrected chi connectivity index (χ3v) is 4.96. The molecule has 2 aliphatic carbocycles. The molecule has 0 saturated heterocycles. The van der Waals surface area contributed by atoms with Gasteiger partial charge in [-0.05, 0) is 38.0 Å². The van der Waals surface area contributed by atoms with Crippen molar-refractivity contribution in [2.75, 3.05) is 0 Å². The van der Waals surface area contributed by atoms with E-state index in [1.807, 2.05) is 0 Å². The lowest BCUT2D eigenvalue weighted by molar-refractivity contribution is -0.129. The van der Waals surface area contributed by atoms with Crippen LogP contribution >= 0.6 is 0 Å². The Morgan fingerprint density at radius 2 is 1.67 bits per heavy atom. The van der Waals surface area contributed by atoms with Gasteiger partial charge in [-0.2, -0.15) is 0 Å². The fourth-order valence-electron chi connectivity index (χ4n) is 3.79. The quantitative estimate of drug-likeness (QED) is 0.757. The van der Waals surface area contributed by atoms with Crippen LogP contribution in [0.5, 0.6) is 0 Å². The molecule has 2 saturated carbocycles. The highest BCUT2D eigenvalue weighted by Gasteiger charge is 2.33. The lowest BCUT2D eigenvalue weighted by Crippen LogP contribution is -2.30. The summed E-state index contributed by atoms with van der Waals surface area (Å²) in [6.45, 7) is 2.18. The second-order valence-electron chi connectivity index (χ2n) is 6.13. The molecule has 0 aromatic carbocycles. The maximum absolute atomic E-state index is 12.0. The number of Topliss-reactive ketones (excluding diaryl/α,β-unsaturated/α-hetero) is 2. The van der Waals surface area contributed by atoms with Crippen LogP contribution < -0.4 is 0 Å². The summed E-state index contributed by atoms with van der Waals surface area (Å²) < 4.78 is 0. The smallest absolute Gasteiger partial charge is 0.136 e. The van der Waals surface area contributed by atoms with Crippen molar-refractivity contribution in [3.05, 3.63) is 0 Å². The molecule has 0 heterocycles. The minimum Gasteiger partial charge on any atom is -0.299 e. The number of ketones is 2. The first-order valence-corrected chi connectivity index (χ1v) is 7.77. The van der Waals surface area contributed by atoms with E-state index in [1.54, 1.807) is 0 Å². The van der Waals surface area contributed by atoms with E-state index in [9.17, 15) is 9.59 Å². The lowest BCUT2D eigenvalue weighted by Gasteiger charge is -2.32. The summed E-state index contributed by atoms with van der Waals surface area (Å²) in [5, 5.41) is 0. The van der Waals surface area contributed by atoms with Crippen molar-refractivity contribution in [3.63, 3.8) is 0 Å². The summed E-state index contributed by atoms with van der Waals surface area (Å²) in [5.41, 5.74) is 0. The van der Waals surface area contributed by atoms with Gasteiger partial charge in [0.2, 0.25) is 0 Å². The highest BCUT2D eigenvalue weighted by atomic mass is 16.1. The highest BCUT2D eigenvalue weighted by Crippen LogP contribution is 2.36. The molecule has 0 radical (unpaired) electrons. The molecule has 0 spiro atoms. The predicted molar refractivity (Wildman–Crippen MR) is 72.3 cm³/mol. The van der Waals surface area contributed by atoms with E-state index in [1.165, 1.54) is 12.8 Å². The minimum absolute atomic E-state index is 0.262. The van der Waals surface area contributed by atoms with Crippen LogP contribution in [-0.2, 0) is 9.59 Å². The molecule has 0 aliphatic heterocycles. The third-order valence-electron chi connectivity index (χ3n) is 4.96. The molecule has 3 unspecified atom stereocenters. The first-order chi connectivity index (χ1) is 8.72. The fraction of sp³-hybridized carbons (Fsp3) is 0.875. The molecule has 0 aromatic heterocycles. The van der Waals surface area contributed by atoms with Crippen LogP contribution in [0, 0.1) is 17.8 Å². The van der Waals surface area contributed by atoms with E-state index in [0.717, 1.165) is 51.4 Å². The molecular formula is C16H26O2. The summed E-state index contributed by atoms with van der Waals surface area (Å²) in [7, 11) is 0. The Labute approximate surface area is 111 Å². The monoisotopic (exact) mass is 250 g/mol. The van der Waals surface area contributed by atoms with E-state index in [2.05, 4.69) is 6.92 Å². The van der Waals surface area contributed by atoms with Gasteiger partial charge in [0.25, 0.3) is 0 Å². The molecule has 18 heavy (non-hydrogen) atoms. The van der Waals surface area contributed by atoms with Gasteiger partial charge in [-0.15, -0.1) is 0 Å². The van der Waals surface area contributed by atoms with Gasteiger partial charge in [0.1, 0.15) is 11.6 Å². The molecule has 2 fully saturated rings. The molecule has 2 nitrogen and oxygen atoms in total. The molecule has 0 aromatic rings. The summed E-state index contributed by atoms with van der Waals surface area (Å²) >= 11 is 0. The third kappa shape index (κ3) is 3.21. The SMILES string of the molecule is CCC(CC1CCCCC1=O)C1CCCCC1=O. The van der Waals surface area contributed by atoms with Crippen molar-refractivity contribution in [1.82, 2.24) is 0 Å². The summed E-state index contributed by atoms with van der Waals surface area (Å²) in [6, 6.07) is 0. The average molecular weight is 250 g/mol. The van der Waals surface area contributed by atoms with Crippen LogP contribution in [0.1, 0.15) is 71.1 Å². The Morgan fingerprint density at radius 1 is 1.00 bits per heavy atom. The standard InChI is InChI=1S/C16H26O2/c1-2-12(14-8-4-6-10-16(14)18)11-13-7-3-5-9-15(13)17/h12-14H,2-11H2,1H3. The summed E-state index contributed by atoms with van der Waals surface area (Å²) in [4.78, 5) is 24.0. The predicted octanol–water partition coefficient (Wildman–Crippen LogP) is 3.92. The number of hydrogen-bond acceptors (Lipinski definition) is 2. The van der Waals surface area contributed by atoms with Crippen molar-refractivity contribution in [1.29, 1.82) is 0 Å². The van der Waals surface area contributed by atoms with Crippen molar-refractivity contribution in [2.24, 2.45) is 17.8 Å². The molecule has 0 N–H and O–H groups in total. The number of hydrogen-bond donors (Lipinski definition) is 0. The first kappa shape index (κ1) is 13.8. The van der Waals surface area contributed by atoms with Gasteiger partial charge in [0.15, 0.2) is 0 Å². The van der Waals surface area contributed by atoms with Gasteiger partial charge in [0.05, 0.1) is 0 Å². The van der Waals surface area contributed by atoms with Crippen LogP contribution in [0.2, 0.25) is 0 Å². The van der Waals surface area contributed by atoms with Gasteiger partial charge in [-0.3, -0.25) is 9.59 Å². The van der Waals surface area contributed by atoms with E-state index in [0.29, 0.717) is 17.5 Å². The fourth-order valence-corrected chi connectivity index (χ4v) is 3.79. The van der Waals surface area contributed by atoms with Gasteiger partial charge < -0.3 is 0 Å². The minimum atomic E-state index is 0.262. The molecule has 3 atom stereocenters. The van der Waals surface area contributed by atoms with E-state index in [-0.39, 0.29) is 11.8 Å². The Bertz CT molecular complexity index is 308. The maximum Gasteiger partial charge on any atom is 0.136 e. The van der Waals surface area contributed by atoms with Gasteiger partial charge in [-0.25, -0.2) is 0 Å². The van der Waals surface area contributed by atoms with Crippen LogP contribution in [0.25, 0.3) is 0 Å². The van der Waals surface area contributed by atoms with E-state index in [4.69, 9.17) is 0 Å². The molecule has 0 amide bonds. The van der Waals surface area contributed by atoms with Gasteiger partial charge in [-0.1, -0.05) is 26.2 Å². The van der Waals surface area contributed by atoms with Crippen LogP contribution in [0.4, 0.5) is 0 Å². The van der Waals surface area contributed by atoms with Crippen LogP contribution in [-0.4, -0.2) is 11.6 Å². The Morgan fingerprint density at radius 3 is 2.28 bits per heavy atom. The average Bonchev–Trinajstić information content (AvgIpc) is 2.39. The van der Waals surface area contributed by atoms with Crippen molar-refractivity contribution in [3.8, 4) is 0 Å². The van der Waals surface area contributed by atoms with Gasteiger partial charge >= 0.3 is 0 Å². The zero-order chi connectivity index (χ0) is 13.0. The number of rotatable bonds is 4. The van der Waals surface area contributed by atoms with E-state index < -0.39 is 0 Å². The van der Waals surface area contributed by atoms with Crippen molar-refractivity contribution < 1.29 is 9.59 Å². The summed E-state index contributed by atoms with van der Waals surface area (Å²) in [6.07, 6.45) is 10.3. The Hall–Kier alpha value is -0.660. The van der Waals surface area contributed by atoms with Crippen LogP contribution in [0.3, 0.4) is 0 Å². The maximum atomic E-state index is 12.0. The lowest BCUT2D eigenvalue weighted by atomic mass is 9.72. The molecule has 0 bridgehead atoms. The Kier molecular flexibility index (Phi) is 4.96. The topological polar surface area (TPSA) is 34.1 Å². The van der Waals surface area contributed by atoms with Crippen LogP contribution in [0.15, 0.2) is 0 Å². The number of carbonyl (C=O) groups is 2. The zero-order valence-corrected chi connectivity index (χ0v) is 11.6. The van der Waals surface area contributed by atoms with E-state index >= 15 is 0 Å².